The lowest BCUT2D eigenvalue weighted by Gasteiger charge is -2.13. The molecule has 0 bridgehead atoms. The number of aromatic carboxylic acids is 1. The number of carbonyl (C=O) groups excluding carboxylic acids is 1. The third kappa shape index (κ3) is 9.56. The van der Waals surface area contributed by atoms with Gasteiger partial charge in [0.25, 0.3) is 0 Å². The average molecular weight is 387 g/mol. The standard InChI is InChI=1S/C17H26NO7P/c1-2-3-4-5-6-10-16(19)18-11-12-24-26(22,23)25-15-9-7-8-14(13-15)17(20)21/h7-9,13H,2-6,10-12H2,1H3,(H,18,19)(H,20,21)(H,22,23). The summed E-state index contributed by atoms with van der Waals surface area (Å²) in [4.78, 5) is 32.1. The van der Waals surface area contributed by atoms with Gasteiger partial charge in [-0.2, -0.15) is 0 Å². The van der Waals surface area contributed by atoms with Crippen molar-refractivity contribution in [1.29, 1.82) is 0 Å². The van der Waals surface area contributed by atoms with Gasteiger partial charge >= 0.3 is 13.8 Å². The molecule has 0 aliphatic heterocycles. The monoisotopic (exact) mass is 387 g/mol. The zero-order valence-corrected chi connectivity index (χ0v) is 15.7. The number of carboxylic acid groups (broad SMARTS) is 1. The Morgan fingerprint density at radius 2 is 1.92 bits per heavy atom. The summed E-state index contributed by atoms with van der Waals surface area (Å²) < 4.78 is 21.4. The Hall–Kier alpha value is -1.89. The Kier molecular flexibility index (Phi) is 9.95. The van der Waals surface area contributed by atoms with Crippen LogP contribution in [-0.2, 0) is 13.9 Å². The van der Waals surface area contributed by atoms with Crippen LogP contribution in [0.2, 0.25) is 0 Å². The van der Waals surface area contributed by atoms with E-state index in [0.29, 0.717) is 6.42 Å². The first kappa shape index (κ1) is 22.2. The topological polar surface area (TPSA) is 122 Å². The molecule has 1 aromatic rings. The molecule has 0 fully saturated rings. The summed E-state index contributed by atoms with van der Waals surface area (Å²) in [5.74, 6) is -1.40. The van der Waals surface area contributed by atoms with Crippen molar-refractivity contribution in [3.8, 4) is 5.75 Å². The van der Waals surface area contributed by atoms with Crippen LogP contribution in [0.1, 0.15) is 55.8 Å². The first-order chi connectivity index (χ1) is 12.3. The number of carboxylic acids is 1. The second-order valence-electron chi connectivity index (χ2n) is 5.74. The number of unbranched alkanes of at least 4 members (excludes halogenated alkanes) is 4. The fraction of sp³-hybridized carbons (Fsp3) is 0.529. The molecule has 0 aromatic heterocycles. The molecule has 0 spiro atoms. The average Bonchev–Trinajstić information content (AvgIpc) is 2.58. The van der Waals surface area contributed by atoms with Crippen LogP contribution < -0.4 is 9.84 Å². The van der Waals surface area contributed by atoms with E-state index in [1.807, 2.05) is 0 Å². The molecule has 0 saturated heterocycles. The molecule has 9 heteroatoms. The normalized spacial score (nSPS) is 13.0. The third-order valence-electron chi connectivity index (χ3n) is 3.49. The molecule has 0 radical (unpaired) electrons. The van der Waals surface area contributed by atoms with E-state index in [1.54, 1.807) is 0 Å². The summed E-state index contributed by atoms with van der Waals surface area (Å²) in [6, 6.07) is 5.18. The smallest absolute Gasteiger partial charge is 0.478 e. The number of amides is 1. The van der Waals surface area contributed by atoms with Crippen LogP contribution in [0.25, 0.3) is 0 Å². The van der Waals surface area contributed by atoms with Crippen molar-refractivity contribution in [1.82, 2.24) is 5.32 Å². The lowest BCUT2D eigenvalue weighted by atomic mass is 10.1. The Bertz CT molecular complexity index is 635. The van der Waals surface area contributed by atoms with Gasteiger partial charge < -0.3 is 14.9 Å². The lowest BCUT2D eigenvalue weighted by Crippen LogP contribution is -2.26. The van der Waals surface area contributed by atoms with Gasteiger partial charge in [-0.25, -0.2) is 9.36 Å². The number of hydrogen-bond acceptors (Lipinski definition) is 5. The molecule has 0 saturated carbocycles. The zero-order valence-electron chi connectivity index (χ0n) is 14.8. The maximum Gasteiger partial charge on any atom is 0.527 e. The molecule has 1 aromatic carbocycles. The molecular weight excluding hydrogens is 361 g/mol. The number of carbonyl (C=O) groups is 2. The zero-order chi connectivity index (χ0) is 19.4. The SMILES string of the molecule is CCCCCCCC(=O)NCCOP(=O)(O)Oc1cccc(C(=O)O)c1. The van der Waals surface area contributed by atoms with Gasteiger partial charge in [0.1, 0.15) is 5.75 Å². The molecule has 1 amide bonds. The van der Waals surface area contributed by atoms with E-state index in [1.165, 1.54) is 18.2 Å². The van der Waals surface area contributed by atoms with Crippen molar-refractivity contribution in [3.05, 3.63) is 29.8 Å². The van der Waals surface area contributed by atoms with Crippen molar-refractivity contribution in [3.63, 3.8) is 0 Å². The minimum absolute atomic E-state index is 0.0753. The van der Waals surface area contributed by atoms with E-state index >= 15 is 0 Å². The molecule has 3 N–H and O–H groups in total. The molecule has 0 heterocycles. The van der Waals surface area contributed by atoms with Crippen LogP contribution in [-0.4, -0.2) is 35.0 Å². The molecular formula is C17H26NO7P. The summed E-state index contributed by atoms with van der Waals surface area (Å²) in [5, 5.41) is 11.5. The molecule has 1 unspecified atom stereocenters. The van der Waals surface area contributed by atoms with Crippen molar-refractivity contribution in [2.24, 2.45) is 0 Å². The Balaban J connectivity index is 2.27. The van der Waals surface area contributed by atoms with Gasteiger partial charge in [-0.05, 0) is 24.6 Å². The molecule has 0 aliphatic carbocycles. The number of nitrogens with one attached hydrogen (secondary N) is 1. The fourth-order valence-electron chi connectivity index (χ4n) is 2.17. The van der Waals surface area contributed by atoms with E-state index in [-0.39, 0.29) is 30.4 Å². The first-order valence-electron chi connectivity index (χ1n) is 8.61. The van der Waals surface area contributed by atoms with Crippen LogP contribution in [0.4, 0.5) is 0 Å². The van der Waals surface area contributed by atoms with E-state index < -0.39 is 13.8 Å². The van der Waals surface area contributed by atoms with Crippen LogP contribution in [0, 0.1) is 0 Å². The highest BCUT2D eigenvalue weighted by Gasteiger charge is 2.23. The summed E-state index contributed by atoms with van der Waals surface area (Å²) in [6.07, 6.45) is 5.66. The molecule has 1 rings (SSSR count). The number of phosphoric acid groups is 1. The van der Waals surface area contributed by atoms with Crippen molar-refractivity contribution in [2.75, 3.05) is 13.2 Å². The van der Waals surface area contributed by atoms with Crippen molar-refractivity contribution >= 4 is 19.7 Å². The van der Waals surface area contributed by atoms with Crippen LogP contribution in [0.15, 0.2) is 24.3 Å². The summed E-state index contributed by atoms with van der Waals surface area (Å²) >= 11 is 0. The van der Waals surface area contributed by atoms with Gasteiger partial charge in [-0.3, -0.25) is 14.2 Å². The summed E-state index contributed by atoms with van der Waals surface area (Å²) in [6.45, 7) is 2.00. The third-order valence-corrected chi connectivity index (χ3v) is 4.44. The predicted octanol–water partition coefficient (Wildman–Crippen LogP) is 3.36. The quantitative estimate of drug-likeness (QED) is 0.350. The second-order valence-corrected chi connectivity index (χ2v) is 7.12. The minimum Gasteiger partial charge on any atom is -0.478 e. The Labute approximate surface area is 153 Å². The van der Waals surface area contributed by atoms with Gasteiger partial charge in [0.05, 0.1) is 12.2 Å². The molecule has 26 heavy (non-hydrogen) atoms. The molecule has 1 atom stereocenters. The minimum atomic E-state index is -4.40. The lowest BCUT2D eigenvalue weighted by molar-refractivity contribution is -0.121. The van der Waals surface area contributed by atoms with Crippen molar-refractivity contribution in [2.45, 2.75) is 45.4 Å². The van der Waals surface area contributed by atoms with E-state index in [9.17, 15) is 19.0 Å². The van der Waals surface area contributed by atoms with E-state index in [4.69, 9.17) is 14.2 Å². The molecule has 0 aliphatic rings. The van der Waals surface area contributed by atoms with Crippen molar-refractivity contribution < 1.29 is 33.2 Å². The van der Waals surface area contributed by atoms with Gasteiger partial charge in [0, 0.05) is 13.0 Å². The molecule has 8 nitrogen and oxygen atoms in total. The highest BCUT2D eigenvalue weighted by molar-refractivity contribution is 7.47. The van der Waals surface area contributed by atoms with E-state index in [0.717, 1.165) is 38.2 Å². The van der Waals surface area contributed by atoms with Gasteiger partial charge in [0.2, 0.25) is 5.91 Å². The van der Waals surface area contributed by atoms with Gasteiger partial charge in [-0.1, -0.05) is 38.7 Å². The van der Waals surface area contributed by atoms with Crippen LogP contribution in [0.3, 0.4) is 0 Å². The summed E-state index contributed by atoms with van der Waals surface area (Å²) in [7, 11) is -4.40. The maximum absolute atomic E-state index is 11.8. The second kappa shape index (κ2) is 11.7. The predicted molar refractivity (Wildman–Crippen MR) is 96.2 cm³/mol. The fourth-order valence-corrected chi connectivity index (χ4v) is 2.93. The number of rotatable bonds is 13. The van der Waals surface area contributed by atoms with Gasteiger partial charge in [0.15, 0.2) is 0 Å². The first-order valence-corrected chi connectivity index (χ1v) is 10.1. The van der Waals surface area contributed by atoms with Gasteiger partial charge in [-0.15, -0.1) is 0 Å². The van der Waals surface area contributed by atoms with Crippen LogP contribution >= 0.6 is 7.82 Å². The van der Waals surface area contributed by atoms with Crippen LogP contribution in [0.5, 0.6) is 5.75 Å². The highest BCUT2D eigenvalue weighted by atomic mass is 31.2. The Morgan fingerprint density at radius 1 is 1.19 bits per heavy atom. The highest BCUT2D eigenvalue weighted by Crippen LogP contribution is 2.43. The Morgan fingerprint density at radius 3 is 2.62 bits per heavy atom. The molecule has 146 valence electrons. The number of hydrogen-bond donors (Lipinski definition) is 3. The maximum atomic E-state index is 11.8. The largest absolute Gasteiger partial charge is 0.527 e. The number of phosphoric ester groups is 1. The van der Waals surface area contributed by atoms with E-state index in [2.05, 4.69) is 12.2 Å². The number of benzene rings is 1. The summed E-state index contributed by atoms with van der Waals surface area (Å²) in [5.41, 5.74) is -0.0753.